The molecule has 2 aliphatic carbocycles. The molecule has 0 aliphatic heterocycles. The van der Waals surface area contributed by atoms with E-state index in [9.17, 15) is 13.2 Å². The number of nitrogens with zero attached hydrogens (tertiary/aromatic N) is 2. The molecule has 4 rings (SSSR count). The second-order valence-electron chi connectivity index (χ2n) is 6.85. The Bertz CT molecular complexity index is 768. The van der Waals surface area contributed by atoms with E-state index in [2.05, 4.69) is 14.9 Å². The Morgan fingerprint density at radius 2 is 1.88 bits per heavy atom. The number of alkyl halides is 3. The largest absolute Gasteiger partial charge is 0.573 e. The van der Waals surface area contributed by atoms with Gasteiger partial charge in [-0.05, 0) is 36.8 Å². The molecule has 8 heteroatoms. The van der Waals surface area contributed by atoms with Gasteiger partial charge in [-0.3, -0.25) is 0 Å². The zero-order chi connectivity index (χ0) is 17.7. The van der Waals surface area contributed by atoms with Crippen LogP contribution in [0, 0.1) is 0 Å². The predicted octanol–water partition coefficient (Wildman–Crippen LogP) is 3.97. The standard InChI is InChI=1S/C17H18F3N3O2/c18-17(19,20)24-13-6-2-1-5-10(13)11-9-12(11)14-22-15(23-25-14)16(21)7-3-4-8-16/h1-2,5-6,11-12H,3-4,7-9,21H2. The highest BCUT2D eigenvalue weighted by molar-refractivity contribution is 5.42. The number of rotatable bonds is 4. The van der Waals surface area contributed by atoms with E-state index in [0.29, 0.717) is 23.7 Å². The van der Waals surface area contributed by atoms with Gasteiger partial charge in [0.1, 0.15) is 5.75 Å². The number of nitrogens with two attached hydrogens (primary N) is 1. The van der Waals surface area contributed by atoms with Crippen LogP contribution in [0.4, 0.5) is 13.2 Å². The highest BCUT2D eigenvalue weighted by Gasteiger charge is 2.47. The number of halogens is 3. The number of benzene rings is 1. The fourth-order valence-corrected chi connectivity index (χ4v) is 3.63. The lowest BCUT2D eigenvalue weighted by Gasteiger charge is -2.17. The van der Waals surface area contributed by atoms with Gasteiger partial charge in [-0.2, -0.15) is 4.98 Å². The number of aromatic nitrogens is 2. The van der Waals surface area contributed by atoms with Gasteiger partial charge in [-0.15, -0.1) is 13.2 Å². The van der Waals surface area contributed by atoms with Crippen molar-refractivity contribution in [2.24, 2.45) is 5.73 Å². The minimum Gasteiger partial charge on any atom is -0.405 e. The van der Waals surface area contributed by atoms with Crippen LogP contribution in [-0.4, -0.2) is 16.5 Å². The average Bonchev–Trinajstić information content (AvgIpc) is 2.95. The molecule has 0 saturated heterocycles. The first-order chi connectivity index (χ1) is 11.9. The molecule has 2 atom stereocenters. The summed E-state index contributed by atoms with van der Waals surface area (Å²) in [4.78, 5) is 4.44. The van der Waals surface area contributed by atoms with Crippen LogP contribution in [0.25, 0.3) is 0 Å². The van der Waals surface area contributed by atoms with Crippen LogP contribution < -0.4 is 10.5 Å². The number of hydrogen-bond donors (Lipinski definition) is 1. The maximum Gasteiger partial charge on any atom is 0.573 e. The topological polar surface area (TPSA) is 74.2 Å². The van der Waals surface area contributed by atoms with Crippen LogP contribution in [0.5, 0.6) is 5.75 Å². The van der Waals surface area contributed by atoms with E-state index in [1.54, 1.807) is 12.1 Å². The molecule has 25 heavy (non-hydrogen) atoms. The van der Waals surface area contributed by atoms with Crippen molar-refractivity contribution >= 4 is 0 Å². The molecule has 2 fully saturated rings. The van der Waals surface area contributed by atoms with Gasteiger partial charge in [0.2, 0.25) is 5.89 Å². The third-order valence-electron chi connectivity index (χ3n) is 5.03. The number of ether oxygens (including phenoxy) is 1. The van der Waals surface area contributed by atoms with Gasteiger partial charge in [0.25, 0.3) is 0 Å². The molecule has 0 radical (unpaired) electrons. The monoisotopic (exact) mass is 353 g/mol. The first-order valence-electron chi connectivity index (χ1n) is 8.33. The van der Waals surface area contributed by atoms with E-state index in [4.69, 9.17) is 10.3 Å². The van der Waals surface area contributed by atoms with Crippen LogP contribution in [0.3, 0.4) is 0 Å². The summed E-state index contributed by atoms with van der Waals surface area (Å²) in [5.74, 6) is 0.561. The molecule has 1 aromatic heterocycles. The van der Waals surface area contributed by atoms with Crippen molar-refractivity contribution in [3.8, 4) is 5.75 Å². The van der Waals surface area contributed by atoms with Crippen molar-refractivity contribution in [1.82, 2.24) is 10.1 Å². The molecule has 2 aromatic rings. The van der Waals surface area contributed by atoms with Crippen LogP contribution in [-0.2, 0) is 5.54 Å². The maximum atomic E-state index is 12.6. The maximum absolute atomic E-state index is 12.6. The fraction of sp³-hybridized carbons (Fsp3) is 0.529. The third kappa shape index (κ3) is 3.22. The van der Waals surface area contributed by atoms with Crippen LogP contribution in [0.15, 0.2) is 28.8 Å². The fourth-order valence-electron chi connectivity index (χ4n) is 3.63. The SMILES string of the molecule is NC1(c2noc(C3CC3c3ccccc3OC(F)(F)F)n2)CCCC1. The van der Waals surface area contributed by atoms with Gasteiger partial charge in [-0.1, -0.05) is 36.2 Å². The first kappa shape index (κ1) is 16.4. The van der Waals surface area contributed by atoms with Crippen LogP contribution in [0.2, 0.25) is 0 Å². The summed E-state index contributed by atoms with van der Waals surface area (Å²) in [5, 5.41) is 4.02. The van der Waals surface area contributed by atoms with Crippen molar-refractivity contribution in [2.45, 2.75) is 55.8 Å². The normalized spacial score (nSPS) is 25.1. The number of hydrogen-bond acceptors (Lipinski definition) is 5. The highest BCUT2D eigenvalue weighted by Crippen LogP contribution is 2.56. The van der Waals surface area contributed by atoms with Crippen molar-refractivity contribution in [3.05, 3.63) is 41.5 Å². The summed E-state index contributed by atoms with van der Waals surface area (Å²) in [6.45, 7) is 0. The minimum atomic E-state index is -4.72. The Morgan fingerprint density at radius 1 is 1.16 bits per heavy atom. The zero-order valence-electron chi connectivity index (χ0n) is 13.4. The summed E-state index contributed by atoms with van der Waals surface area (Å²) in [6, 6.07) is 6.18. The number of para-hydroxylation sites is 1. The van der Waals surface area contributed by atoms with E-state index in [1.165, 1.54) is 12.1 Å². The molecular weight excluding hydrogens is 335 g/mol. The summed E-state index contributed by atoms with van der Waals surface area (Å²) in [7, 11) is 0. The smallest absolute Gasteiger partial charge is 0.405 e. The van der Waals surface area contributed by atoms with Crippen molar-refractivity contribution < 1.29 is 22.4 Å². The zero-order valence-corrected chi connectivity index (χ0v) is 13.4. The molecule has 2 unspecified atom stereocenters. The van der Waals surface area contributed by atoms with Crippen molar-refractivity contribution in [1.29, 1.82) is 0 Å². The lowest BCUT2D eigenvalue weighted by atomic mass is 9.99. The molecule has 5 nitrogen and oxygen atoms in total. The highest BCUT2D eigenvalue weighted by atomic mass is 19.4. The molecule has 2 aliphatic rings. The van der Waals surface area contributed by atoms with Crippen molar-refractivity contribution in [3.63, 3.8) is 0 Å². The molecule has 2 saturated carbocycles. The molecule has 1 heterocycles. The lowest BCUT2D eigenvalue weighted by Crippen LogP contribution is -2.34. The Balaban J connectivity index is 1.53. The quantitative estimate of drug-likeness (QED) is 0.900. The summed E-state index contributed by atoms with van der Waals surface area (Å²) >= 11 is 0. The third-order valence-corrected chi connectivity index (χ3v) is 5.03. The second-order valence-corrected chi connectivity index (χ2v) is 6.85. The molecule has 134 valence electrons. The first-order valence-corrected chi connectivity index (χ1v) is 8.33. The summed E-state index contributed by atoms with van der Waals surface area (Å²) < 4.78 is 47.2. The molecule has 0 spiro atoms. The summed E-state index contributed by atoms with van der Waals surface area (Å²) in [5.41, 5.74) is 6.29. The van der Waals surface area contributed by atoms with Crippen LogP contribution >= 0.6 is 0 Å². The van der Waals surface area contributed by atoms with E-state index < -0.39 is 11.9 Å². The molecule has 0 amide bonds. The van der Waals surface area contributed by atoms with E-state index >= 15 is 0 Å². The van der Waals surface area contributed by atoms with Gasteiger partial charge in [0, 0.05) is 5.92 Å². The molecule has 2 N–H and O–H groups in total. The second kappa shape index (κ2) is 5.72. The molecule has 0 bridgehead atoms. The van der Waals surface area contributed by atoms with Crippen LogP contribution in [0.1, 0.15) is 61.2 Å². The molecule has 1 aromatic carbocycles. The van der Waals surface area contributed by atoms with E-state index in [-0.39, 0.29) is 17.6 Å². The average molecular weight is 353 g/mol. The van der Waals surface area contributed by atoms with Crippen molar-refractivity contribution in [2.75, 3.05) is 0 Å². The van der Waals surface area contributed by atoms with Gasteiger partial charge in [0.05, 0.1) is 5.54 Å². The summed E-state index contributed by atoms with van der Waals surface area (Å²) in [6.07, 6.45) is -0.349. The van der Waals surface area contributed by atoms with E-state index in [0.717, 1.165) is 25.7 Å². The molecular formula is C17H18F3N3O2. The Hall–Kier alpha value is -2.09. The van der Waals surface area contributed by atoms with Gasteiger partial charge >= 0.3 is 6.36 Å². The Kier molecular flexibility index (Phi) is 3.75. The van der Waals surface area contributed by atoms with Gasteiger partial charge < -0.3 is 15.0 Å². The van der Waals surface area contributed by atoms with E-state index in [1.807, 2.05) is 0 Å². The predicted molar refractivity (Wildman–Crippen MR) is 81.9 cm³/mol. The van der Waals surface area contributed by atoms with Gasteiger partial charge in [-0.25, -0.2) is 0 Å². The van der Waals surface area contributed by atoms with Gasteiger partial charge in [0.15, 0.2) is 5.82 Å². The Morgan fingerprint density at radius 3 is 2.60 bits per heavy atom. The minimum absolute atomic E-state index is 0.0933. The lowest BCUT2D eigenvalue weighted by molar-refractivity contribution is -0.274. The Labute approximate surface area is 142 Å².